The summed E-state index contributed by atoms with van der Waals surface area (Å²) in [4.78, 5) is 18.9. The number of carbonyl (C=O) groups excluding carboxylic acids is 1. The molecule has 0 saturated carbocycles. The fourth-order valence-electron chi connectivity index (χ4n) is 3.18. The minimum absolute atomic E-state index is 0.163. The van der Waals surface area contributed by atoms with Crippen molar-refractivity contribution in [3.8, 4) is 17.1 Å². The van der Waals surface area contributed by atoms with Crippen LogP contribution in [0.5, 0.6) is 5.88 Å². The number of aromatic nitrogens is 3. The average Bonchev–Trinajstić information content (AvgIpc) is 2.86. The van der Waals surface area contributed by atoms with E-state index in [9.17, 15) is 4.79 Å². The molecule has 1 amide bonds. The molecule has 0 fully saturated rings. The van der Waals surface area contributed by atoms with Gasteiger partial charge in [-0.3, -0.25) is 9.69 Å². The number of fused-ring (bicyclic) bond motifs is 3. The summed E-state index contributed by atoms with van der Waals surface area (Å²) in [6.45, 7) is 3.60. The van der Waals surface area contributed by atoms with Gasteiger partial charge in [0.05, 0.1) is 5.69 Å². The molecule has 8 heteroatoms. The molecule has 0 spiro atoms. The van der Waals surface area contributed by atoms with Crippen molar-refractivity contribution in [3.05, 3.63) is 59.1 Å². The SMILES string of the molecule is CCCSc1nnc2c(n1)OC(c1cccc(Cl)c1)N(C(C)=O)c1ccccc1-2. The van der Waals surface area contributed by atoms with E-state index in [2.05, 4.69) is 22.1 Å². The van der Waals surface area contributed by atoms with Crippen LogP contribution in [0.3, 0.4) is 0 Å². The minimum Gasteiger partial charge on any atom is -0.447 e. The zero-order valence-corrected chi connectivity index (χ0v) is 17.6. The molecule has 0 radical (unpaired) electrons. The molecular formula is C21H19ClN4O2S. The van der Waals surface area contributed by atoms with Gasteiger partial charge in [0, 0.05) is 28.8 Å². The van der Waals surface area contributed by atoms with E-state index in [0.29, 0.717) is 27.4 Å². The van der Waals surface area contributed by atoms with Crippen LogP contribution >= 0.6 is 23.4 Å². The van der Waals surface area contributed by atoms with Gasteiger partial charge in [-0.2, -0.15) is 4.98 Å². The minimum atomic E-state index is -0.727. The maximum atomic E-state index is 12.7. The van der Waals surface area contributed by atoms with Gasteiger partial charge < -0.3 is 4.74 Å². The van der Waals surface area contributed by atoms with E-state index in [1.54, 1.807) is 17.0 Å². The van der Waals surface area contributed by atoms with E-state index in [1.165, 1.54) is 18.7 Å². The van der Waals surface area contributed by atoms with Crippen molar-refractivity contribution in [3.63, 3.8) is 0 Å². The van der Waals surface area contributed by atoms with Gasteiger partial charge in [0.25, 0.3) is 0 Å². The lowest BCUT2D eigenvalue weighted by molar-refractivity contribution is -0.118. The molecule has 1 atom stereocenters. The molecular weight excluding hydrogens is 408 g/mol. The number of benzene rings is 2. The lowest BCUT2D eigenvalue weighted by Crippen LogP contribution is -2.36. The van der Waals surface area contributed by atoms with Crippen LogP contribution < -0.4 is 9.64 Å². The quantitative estimate of drug-likeness (QED) is 0.538. The molecule has 3 aromatic rings. The monoisotopic (exact) mass is 426 g/mol. The summed E-state index contributed by atoms with van der Waals surface area (Å²) in [6.07, 6.45) is 0.271. The number of hydrogen-bond acceptors (Lipinski definition) is 6. The van der Waals surface area contributed by atoms with Crippen LogP contribution in [0.1, 0.15) is 32.1 Å². The Morgan fingerprint density at radius 1 is 1.21 bits per heavy atom. The van der Waals surface area contributed by atoms with Gasteiger partial charge >= 0.3 is 0 Å². The van der Waals surface area contributed by atoms with E-state index >= 15 is 0 Å². The van der Waals surface area contributed by atoms with Crippen molar-refractivity contribution in [2.45, 2.75) is 31.7 Å². The molecule has 0 N–H and O–H groups in total. The molecule has 29 heavy (non-hydrogen) atoms. The topological polar surface area (TPSA) is 68.2 Å². The molecule has 4 rings (SSSR count). The Bertz CT molecular complexity index is 1060. The first kappa shape index (κ1) is 19.7. The van der Waals surface area contributed by atoms with Gasteiger partial charge in [0.15, 0.2) is 5.69 Å². The number of amides is 1. The summed E-state index contributed by atoms with van der Waals surface area (Å²) in [5.74, 6) is 1.07. The molecule has 0 aliphatic carbocycles. The van der Waals surface area contributed by atoms with Crippen molar-refractivity contribution >= 4 is 35.0 Å². The molecule has 1 unspecified atom stereocenters. The molecule has 2 heterocycles. The van der Waals surface area contributed by atoms with Gasteiger partial charge in [-0.15, -0.1) is 10.2 Å². The molecule has 1 aromatic heterocycles. The van der Waals surface area contributed by atoms with Crippen molar-refractivity contribution in [1.82, 2.24) is 15.2 Å². The summed E-state index contributed by atoms with van der Waals surface area (Å²) >= 11 is 7.74. The predicted octanol–water partition coefficient (Wildman–Crippen LogP) is 5.14. The van der Waals surface area contributed by atoms with E-state index in [4.69, 9.17) is 16.3 Å². The predicted molar refractivity (Wildman–Crippen MR) is 114 cm³/mol. The second kappa shape index (κ2) is 8.39. The van der Waals surface area contributed by atoms with Crippen molar-refractivity contribution in [2.24, 2.45) is 0 Å². The molecule has 148 valence electrons. The standard InChI is InChI=1S/C21H19ClN4O2S/c1-3-11-29-21-23-19-18(24-25-21)16-9-4-5-10-17(16)26(13(2)27)20(28-19)14-7-6-8-15(22)12-14/h4-10,12,20H,3,11H2,1-2H3. The van der Waals surface area contributed by atoms with Gasteiger partial charge in [-0.1, -0.05) is 60.6 Å². The summed E-state index contributed by atoms with van der Waals surface area (Å²) in [7, 11) is 0. The first-order valence-electron chi connectivity index (χ1n) is 9.27. The summed E-state index contributed by atoms with van der Waals surface area (Å²) in [5, 5.41) is 9.75. The van der Waals surface area contributed by atoms with Crippen molar-refractivity contribution in [2.75, 3.05) is 10.7 Å². The highest BCUT2D eigenvalue weighted by Gasteiger charge is 2.34. The second-order valence-corrected chi connectivity index (χ2v) is 8.03. The number of para-hydroxylation sites is 1. The zero-order valence-electron chi connectivity index (χ0n) is 16.0. The lowest BCUT2D eigenvalue weighted by Gasteiger charge is -2.29. The molecule has 1 aliphatic rings. The van der Waals surface area contributed by atoms with Crippen LogP contribution in [0.4, 0.5) is 5.69 Å². The van der Waals surface area contributed by atoms with Gasteiger partial charge in [-0.25, -0.2) is 0 Å². The maximum absolute atomic E-state index is 12.7. The Kier molecular flexibility index (Phi) is 5.69. The van der Waals surface area contributed by atoms with Gasteiger partial charge in [0.1, 0.15) is 0 Å². The molecule has 6 nitrogen and oxygen atoms in total. The first-order chi connectivity index (χ1) is 14.1. The normalized spacial score (nSPS) is 15.1. The van der Waals surface area contributed by atoms with Crippen LogP contribution in [0, 0.1) is 0 Å². The lowest BCUT2D eigenvalue weighted by atomic mass is 10.1. The number of anilines is 1. The van der Waals surface area contributed by atoms with Crippen LogP contribution in [-0.2, 0) is 4.79 Å². The fraction of sp³-hybridized carbons (Fsp3) is 0.238. The number of thioether (sulfide) groups is 1. The number of carbonyl (C=O) groups is 1. The van der Waals surface area contributed by atoms with Crippen molar-refractivity contribution < 1.29 is 9.53 Å². The van der Waals surface area contributed by atoms with Gasteiger partial charge in [0.2, 0.25) is 23.2 Å². The Morgan fingerprint density at radius 2 is 2.03 bits per heavy atom. The first-order valence-corrected chi connectivity index (χ1v) is 10.6. The second-order valence-electron chi connectivity index (χ2n) is 6.53. The van der Waals surface area contributed by atoms with Crippen molar-refractivity contribution in [1.29, 1.82) is 0 Å². The van der Waals surface area contributed by atoms with Crippen LogP contribution in [0.15, 0.2) is 53.7 Å². The third-order valence-electron chi connectivity index (χ3n) is 4.42. The maximum Gasteiger partial charge on any atom is 0.247 e. The molecule has 1 aliphatic heterocycles. The Balaban J connectivity index is 1.91. The fourth-order valence-corrected chi connectivity index (χ4v) is 4.02. The van der Waals surface area contributed by atoms with Crippen LogP contribution in [0.2, 0.25) is 5.02 Å². The summed E-state index contributed by atoms with van der Waals surface area (Å²) in [5.41, 5.74) is 2.69. The number of halogens is 1. The van der Waals surface area contributed by atoms with Gasteiger partial charge in [-0.05, 0) is 24.6 Å². The molecule has 0 bridgehead atoms. The van der Waals surface area contributed by atoms with E-state index in [-0.39, 0.29) is 5.91 Å². The molecule has 2 aromatic carbocycles. The average molecular weight is 427 g/mol. The highest BCUT2D eigenvalue weighted by Crippen LogP contribution is 2.43. The largest absolute Gasteiger partial charge is 0.447 e. The van der Waals surface area contributed by atoms with E-state index in [0.717, 1.165) is 23.3 Å². The summed E-state index contributed by atoms with van der Waals surface area (Å²) in [6, 6.07) is 14.8. The Labute approximate surface area is 178 Å². The Morgan fingerprint density at radius 3 is 2.79 bits per heavy atom. The van der Waals surface area contributed by atoms with E-state index < -0.39 is 6.23 Å². The third-order valence-corrected chi connectivity index (χ3v) is 5.70. The zero-order chi connectivity index (χ0) is 20.4. The van der Waals surface area contributed by atoms with Crippen LogP contribution in [-0.4, -0.2) is 26.8 Å². The highest BCUT2D eigenvalue weighted by atomic mass is 35.5. The third kappa shape index (κ3) is 3.93. The number of rotatable bonds is 4. The summed E-state index contributed by atoms with van der Waals surface area (Å²) < 4.78 is 6.29. The number of ether oxygens (including phenoxy) is 1. The number of hydrogen-bond donors (Lipinski definition) is 0. The number of nitrogens with zero attached hydrogens (tertiary/aromatic N) is 4. The molecule has 0 saturated heterocycles. The smallest absolute Gasteiger partial charge is 0.247 e. The van der Waals surface area contributed by atoms with E-state index in [1.807, 2.05) is 36.4 Å². The Hall–Kier alpha value is -2.64. The van der Waals surface area contributed by atoms with Crippen LogP contribution in [0.25, 0.3) is 11.3 Å². The highest BCUT2D eigenvalue weighted by molar-refractivity contribution is 7.99.